The summed E-state index contributed by atoms with van der Waals surface area (Å²) >= 11 is 6.05. The van der Waals surface area contributed by atoms with Gasteiger partial charge in [-0.15, -0.1) is 0 Å². The SMILES string of the molecule is C[C@H](NC(=O)C(C)(C)OC(=O)c1cnn2cccnc12)[C@@H](Cc1ccc(Cl)cc1)c1cccc(C#N)c1. The van der Waals surface area contributed by atoms with Gasteiger partial charge in [-0.25, -0.2) is 14.3 Å². The molecule has 2 aromatic heterocycles. The Bertz CT molecular complexity index is 1470. The number of ether oxygens (including phenoxy) is 1. The standard InChI is InChI=1S/C28H26ClN5O3/c1-18(23(15-19-8-10-22(29)11-9-19)21-7-4-6-20(14-21)16-30)33-27(36)28(2,3)37-26(35)24-17-32-34-13-5-12-31-25(24)34/h4-14,17-18,23H,15H2,1-3H3,(H,33,36)/t18-,23+/m0/s1. The van der Waals surface area contributed by atoms with Crippen LogP contribution in [0.25, 0.3) is 5.65 Å². The van der Waals surface area contributed by atoms with Crippen LogP contribution in [-0.4, -0.2) is 38.1 Å². The lowest BCUT2D eigenvalue weighted by molar-refractivity contribution is -0.138. The van der Waals surface area contributed by atoms with Gasteiger partial charge in [-0.05, 0) is 68.7 Å². The van der Waals surface area contributed by atoms with Gasteiger partial charge in [0.15, 0.2) is 11.2 Å². The second kappa shape index (κ2) is 10.8. The number of fused-ring (bicyclic) bond motifs is 1. The Morgan fingerprint density at radius 1 is 1.19 bits per heavy atom. The maximum Gasteiger partial charge on any atom is 0.344 e. The maximum absolute atomic E-state index is 13.3. The summed E-state index contributed by atoms with van der Waals surface area (Å²) in [5, 5.41) is 17.1. The topological polar surface area (TPSA) is 109 Å². The number of aromatic nitrogens is 3. The number of carbonyl (C=O) groups is 2. The molecule has 188 valence electrons. The van der Waals surface area contributed by atoms with Gasteiger partial charge in [0, 0.05) is 29.4 Å². The Balaban J connectivity index is 1.53. The van der Waals surface area contributed by atoms with E-state index in [2.05, 4.69) is 21.5 Å². The van der Waals surface area contributed by atoms with E-state index in [4.69, 9.17) is 16.3 Å². The average Bonchev–Trinajstić information content (AvgIpc) is 3.32. The monoisotopic (exact) mass is 515 g/mol. The first-order valence-electron chi connectivity index (χ1n) is 11.7. The molecule has 37 heavy (non-hydrogen) atoms. The van der Waals surface area contributed by atoms with Crippen molar-refractivity contribution in [3.05, 3.63) is 100 Å². The summed E-state index contributed by atoms with van der Waals surface area (Å²) in [7, 11) is 0. The minimum absolute atomic E-state index is 0.159. The molecule has 0 fully saturated rings. The smallest absolute Gasteiger partial charge is 0.344 e. The molecular formula is C28H26ClN5O3. The highest BCUT2D eigenvalue weighted by Crippen LogP contribution is 2.27. The maximum atomic E-state index is 13.3. The predicted molar refractivity (Wildman–Crippen MR) is 139 cm³/mol. The molecule has 2 heterocycles. The second-order valence-corrected chi connectivity index (χ2v) is 9.72. The number of carbonyl (C=O) groups excluding carboxylic acids is 2. The van der Waals surface area contributed by atoms with E-state index in [-0.39, 0.29) is 17.5 Å². The molecule has 0 aliphatic rings. The fraction of sp³-hybridized carbons (Fsp3) is 0.250. The summed E-state index contributed by atoms with van der Waals surface area (Å²) in [6, 6.07) is 18.4. The molecule has 8 nitrogen and oxygen atoms in total. The van der Waals surface area contributed by atoms with E-state index in [1.165, 1.54) is 24.6 Å². The normalized spacial score (nSPS) is 12.9. The lowest BCUT2D eigenvalue weighted by atomic mass is 9.85. The highest BCUT2D eigenvalue weighted by molar-refractivity contribution is 6.30. The Morgan fingerprint density at radius 3 is 2.68 bits per heavy atom. The zero-order chi connectivity index (χ0) is 26.6. The number of hydrogen-bond donors (Lipinski definition) is 1. The molecule has 0 radical (unpaired) electrons. The lowest BCUT2D eigenvalue weighted by Crippen LogP contribution is -2.50. The predicted octanol–water partition coefficient (Wildman–Crippen LogP) is 4.72. The molecule has 0 saturated heterocycles. The number of hydrogen-bond acceptors (Lipinski definition) is 6. The highest BCUT2D eigenvalue weighted by atomic mass is 35.5. The molecule has 2 atom stereocenters. The van der Waals surface area contributed by atoms with Gasteiger partial charge in [-0.1, -0.05) is 35.9 Å². The summed E-state index contributed by atoms with van der Waals surface area (Å²) in [6.07, 6.45) is 5.18. The fourth-order valence-electron chi connectivity index (χ4n) is 4.08. The van der Waals surface area contributed by atoms with E-state index in [0.717, 1.165) is 11.1 Å². The van der Waals surface area contributed by atoms with Gasteiger partial charge in [-0.2, -0.15) is 10.4 Å². The minimum Gasteiger partial charge on any atom is -0.446 e. The minimum atomic E-state index is -1.46. The van der Waals surface area contributed by atoms with Crippen LogP contribution in [0.2, 0.25) is 5.02 Å². The molecule has 0 bridgehead atoms. The molecule has 0 spiro atoms. The van der Waals surface area contributed by atoms with Gasteiger partial charge in [0.05, 0.1) is 17.8 Å². The van der Waals surface area contributed by atoms with E-state index in [0.29, 0.717) is 22.7 Å². The number of benzene rings is 2. The molecular weight excluding hydrogens is 490 g/mol. The van der Waals surface area contributed by atoms with Crippen LogP contribution in [0, 0.1) is 11.3 Å². The van der Waals surface area contributed by atoms with Crippen LogP contribution in [0.3, 0.4) is 0 Å². The second-order valence-electron chi connectivity index (χ2n) is 9.28. The molecule has 0 aliphatic heterocycles. The first-order chi connectivity index (χ1) is 17.7. The van der Waals surface area contributed by atoms with Crippen molar-refractivity contribution in [3.8, 4) is 6.07 Å². The molecule has 9 heteroatoms. The summed E-state index contributed by atoms with van der Waals surface area (Å²) in [6.45, 7) is 4.97. The van der Waals surface area contributed by atoms with E-state index >= 15 is 0 Å². The van der Waals surface area contributed by atoms with Gasteiger partial charge in [0.25, 0.3) is 5.91 Å². The highest BCUT2D eigenvalue weighted by Gasteiger charge is 2.35. The number of rotatable bonds is 8. The van der Waals surface area contributed by atoms with E-state index in [1.807, 2.05) is 49.4 Å². The molecule has 2 aromatic carbocycles. The van der Waals surface area contributed by atoms with Crippen molar-refractivity contribution >= 4 is 29.1 Å². The summed E-state index contributed by atoms with van der Waals surface area (Å²) in [4.78, 5) is 30.4. The zero-order valence-electron chi connectivity index (χ0n) is 20.7. The quantitative estimate of drug-likeness (QED) is 0.340. The van der Waals surface area contributed by atoms with Crippen molar-refractivity contribution in [1.29, 1.82) is 5.26 Å². The summed E-state index contributed by atoms with van der Waals surface area (Å²) < 4.78 is 7.07. The largest absolute Gasteiger partial charge is 0.446 e. The van der Waals surface area contributed by atoms with Gasteiger partial charge in [-0.3, -0.25) is 4.79 Å². The summed E-state index contributed by atoms with van der Waals surface area (Å²) in [5.41, 5.74) is 1.53. The molecule has 0 saturated carbocycles. The average molecular weight is 516 g/mol. The van der Waals surface area contributed by atoms with Crippen LogP contribution in [0.15, 0.2) is 73.2 Å². The molecule has 4 aromatic rings. The van der Waals surface area contributed by atoms with Crippen LogP contribution in [0.4, 0.5) is 0 Å². The molecule has 0 unspecified atom stereocenters. The lowest BCUT2D eigenvalue weighted by Gasteiger charge is -2.30. The number of nitriles is 1. The number of esters is 1. The number of nitrogens with one attached hydrogen (secondary N) is 1. The number of halogens is 1. The van der Waals surface area contributed by atoms with Crippen molar-refractivity contribution < 1.29 is 14.3 Å². The van der Waals surface area contributed by atoms with Crippen molar-refractivity contribution in [2.45, 2.75) is 44.8 Å². The number of amides is 1. The van der Waals surface area contributed by atoms with Gasteiger partial charge in [0.1, 0.15) is 5.56 Å². The fourth-order valence-corrected chi connectivity index (χ4v) is 4.21. The van der Waals surface area contributed by atoms with Crippen LogP contribution < -0.4 is 5.32 Å². The zero-order valence-corrected chi connectivity index (χ0v) is 21.4. The van der Waals surface area contributed by atoms with E-state index in [1.54, 1.807) is 24.5 Å². The van der Waals surface area contributed by atoms with Crippen LogP contribution in [0.1, 0.15) is 53.7 Å². The Kier molecular flexibility index (Phi) is 7.55. The van der Waals surface area contributed by atoms with Crippen LogP contribution in [0.5, 0.6) is 0 Å². The third kappa shape index (κ3) is 5.96. The first kappa shape index (κ1) is 25.9. The molecule has 1 amide bonds. The third-order valence-corrected chi connectivity index (χ3v) is 6.42. The van der Waals surface area contributed by atoms with Crippen LogP contribution in [-0.2, 0) is 16.0 Å². The van der Waals surface area contributed by atoms with Crippen molar-refractivity contribution in [1.82, 2.24) is 19.9 Å². The van der Waals surface area contributed by atoms with Gasteiger partial charge < -0.3 is 10.1 Å². The van der Waals surface area contributed by atoms with Crippen molar-refractivity contribution in [2.24, 2.45) is 0 Å². The Labute approximate surface area is 219 Å². The van der Waals surface area contributed by atoms with E-state index in [9.17, 15) is 14.9 Å². The van der Waals surface area contributed by atoms with Crippen LogP contribution >= 0.6 is 11.6 Å². The molecule has 4 rings (SSSR count). The van der Waals surface area contributed by atoms with E-state index < -0.39 is 17.5 Å². The number of nitrogens with zero attached hydrogens (tertiary/aromatic N) is 4. The van der Waals surface area contributed by atoms with Crippen molar-refractivity contribution in [2.75, 3.05) is 0 Å². The molecule has 1 N–H and O–H groups in total. The van der Waals surface area contributed by atoms with Crippen molar-refractivity contribution in [3.63, 3.8) is 0 Å². The Morgan fingerprint density at radius 2 is 1.95 bits per heavy atom. The summed E-state index contributed by atoms with van der Waals surface area (Å²) in [5.74, 6) is -1.30. The Hall–Kier alpha value is -4.22. The third-order valence-electron chi connectivity index (χ3n) is 6.17. The molecule has 0 aliphatic carbocycles. The van der Waals surface area contributed by atoms with Gasteiger partial charge in [0.2, 0.25) is 0 Å². The van der Waals surface area contributed by atoms with Gasteiger partial charge >= 0.3 is 5.97 Å². The first-order valence-corrected chi connectivity index (χ1v) is 12.1.